The normalized spacial score (nSPS) is 19.9. The van der Waals surface area contributed by atoms with Crippen molar-refractivity contribution in [3.05, 3.63) is 21.3 Å². The molecule has 2 nitrogen and oxygen atoms in total. The fourth-order valence-electron chi connectivity index (χ4n) is 2.36. The Morgan fingerprint density at radius 1 is 1.29 bits per heavy atom. The topological polar surface area (TPSA) is 37.3 Å². The summed E-state index contributed by atoms with van der Waals surface area (Å²) in [6, 6.07) is 3.66. The van der Waals surface area contributed by atoms with Gasteiger partial charge in [-0.2, -0.15) is 0 Å². The Labute approximate surface area is 111 Å². The number of hydrogen-bond donors (Lipinski definition) is 1. The lowest BCUT2D eigenvalue weighted by atomic mass is 9.88. The second-order valence-corrected chi connectivity index (χ2v) is 6.55. The Morgan fingerprint density at radius 3 is 2.47 bits per heavy atom. The van der Waals surface area contributed by atoms with Gasteiger partial charge in [-0.15, -0.1) is 11.3 Å². The summed E-state index contributed by atoms with van der Waals surface area (Å²) in [5.74, 6) is -0.0436. The van der Waals surface area contributed by atoms with Crippen LogP contribution in [0.15, 0.2) is 12.1 Å². The van der Waals surface area contributed by atoms with Crippen LogP contribution in [0.5, 0.6) is 0 Å². The zero-order chi connectivity index (χ0) is 12.3. The third-order valence-electron chi connectivity index (χ3n) is 3.41. The molecule has 1 heterocycles. The summed E-state index contributed by atoms with van der Waals surface area (Å²) in [7, 11) is 0. The number of hydrogen-bond acceptors (Lipinski definition) is 3. The summed E-state index contributed by atoms with van der Waals surface area (Å²) in [6.45, 7) is 0. The van der Waals surface area contributed by atoms with Crippen molar-refractivity contribution in [3.63, 3.8) is 0 Å². The van der Waals surface area contributed by atoms with E-state index in [4.69, 9.17) is 11.6 Å². The van der Waals surface area contributed by atoms with Gasteiger partial charge in [0.05, 0.1) is 4.34 Å². The monoisotopic (exact) mass is 272 g/mol. The summed E-state index contributed by atoms with van der Waals surface area (Å²) in [5.41, 5.74) is -1.09. The van der Waals surface area contributed by atoms with Crippen LogP contribution in [0.1, 0.15) is 43.4 Å². The summed E-state index contributed by atoms with van der Waals surface area (Å²) in [4.78, 5) is 13.1. The van der Waals surface area contributed by atoms with Gasteiger partial charge in [-0.3, -0.25) is 4.79 Å². The Kier molecular flexibility index (Phi) is 4.23. The molecule has 1 fully saturated rings. The second kappa shape index (κ2) is 5.51. The predicted molar refractivity (Wildman–Crippen MR) is 70.7 cm³/mol. The molecule has 0 unspecified atom stereocenters. The molecule has 94 valence electrons. The van der Waals surface area contributed by atoms with Gasteiger partial charge in [0.1, 0.15) is 5.60 Å². The van der Waals surface area contributed by atoms with E-state index >= 15 is 0 Å². The van der Waals surface area contributed by atoms with E-state index in [1.165, 1.54) is 11.3 Å². The molecule has 0 saturated heterocycles. The Hall–Kier alpha value is -0.380. The van der Waals surface area contributed by atoms with E-state index in [0.29, 0.717) is 23.6 Å². The van der Waals surface area contributed by atoms with Crippen LogP contribution in [-0.4, -0.2) is 16.5 Å². The number of carbonyl (C=O) groups excluding carboxylic acids is 1. The molecule has 1 aliphatic rings. The van der Waals surface area contributed by atoms with Crippen LogP contribution in [0.2, 0.25) is 4.34 Å². The smallest absolute Gasteiger partial charge is 0.169 e. The Bertz CT molecular complexity index is 392. The van der Waals surface area contributed by atoms with Crippen molar-refractivity contribution in [3.8, 4) is 0 Å². The van der Waals surface area contributed by atoms with Gasteiger partial charge in [-0.05, 0) is 25.0 Å². The highest BCUT2D eigenvalue weighted by Gasteiger charge is 2.35. The minimum atomic E-state index is -1.09. The highest BCUT2D eigenvalue weighted by molar-refractivity contribution is 7.16. The molecule has 1 aromatic rings. The zero-order valence-corrected chi connectivity index (χ0v) is 11.3. The standard InChI is InChI=1S/C13H17ClO2S/c14-12-6-5-10(17-12)9-11(15)13(16)7-3-1-2-4-8-13/h5-6,16H,1-4,7-9H2. The number of thiophene rings is 1. The molecule has 4 heteroatoms. The molecular weight excluding hydrogens is 256 g/mol. The van der Waals surface area contributed by atoms with Crippen LogP contribution >= 0.6 is 22.9 Å². The highest BCUT2D eigenvalue weighted by atomic mass is 35.5. The number of halogens is 1. The van der Waals surface area contributed by atoms with Crippen LogP contribution in [0.3, 0.4) is 0 Å². The minimum Gasteiger partial charge on any atom is -0.382 e. The fourth-order valence-corrected chi connectivity index (χ4v) is 3.45. The molecule has 1 aromatic heterocycles. The molecule has 0 aromatic carbocycles. The van der Waals surface area contributed by atoms with E-state index in [1.54, 1.807) is 6.07 Å². The van der Waals surface area contributed by atoms with Crippen molar-refractivity contribution < 1.29 is 9.90 Å². The predicted octanol–water partition coefficient (Wildman–Crippen LogP) is 3.60. The van der Waals surface area contributed by atoms with Gasteiger partial charge in [-0.1, -0.05) is 37.3 Å². The van der Waals surface area contributed by atoms with E-state index in [9.17, 15) is 9.90 Å². The Morgan fingerprint density at radius 2 is 1.94 bits per heavy atom. The highest BCUT2D eigenvalue weighted by Crippen LogP contribution is 2.30. The van der Waals surface area contributed by atoms with E-state index in [0.717, 1.165) is 30.6 Å². The fraction of sp³-hybridized carbons (Fsp3) is 0.615. The maximum absolute atomic E-state index is 12.2. The first-order valence-corrected chi connectivity index (χ1v) is 7.29. The summed E-state index contributed by atoms with van der Waals surface area (Å²) in [6.07, 6.45) is 5.70. The molecule has 1 saturated carbocycles. The molecule has 0 amide bonds. The van der Waals surface area contributed by atoms with Crippen LogP contribution in [-0.2, 0) is 11.2 Å². The van der Waals surface area contributed by atoms with Crippen LogP contribution in [0.4, 0.5) is 0 Å². The maximum atomic E-state index is 12.2. The minimum absolute atomic E-state index is 0.0436. The first-order valence-electron chi connectivity index (χ1n) is 6.10. The molecule has 17 heavy (non-hydrogen) atoms. The van der Waals surface area contributed by atoms with Crippen molar-refractivity contribution in [2.45, 2.75) is 50.5 Å². The van der Waals surface area contributed by atoms with Crippen LogP contribution in [0.25, 0.3) is 0 Å². The van der Waals surface area contributed by atoms with Crippen LogP contribution in [0, 0.1) is 0 Å². The summed E-state index contributed by atoms with van der Waals surface area (Å²) < 4.78 is 0.695. The third-order valence-corrected chi connectivity index (χ3v) is 4.64. The molecule has 0 bridgehead atoms. The second-order valence-electron chi connectivity index (χ2n) is 4.75. The van der Waals surface area contributed by atoms with Gasteiger partial charge in [0.25, 0.3) is 0 Å². The quantitative estimate of drug-likeness (QED) is 0.854. The number of aliphatic hydroxyl groups is 1. The molecule has 1 aliphatic carbocycles. The lowest BCUT2D eigenvalue weighted by Crippen LogP contribution is -2.39. The first kappa shape index (κ1) is 13.1. The molecule has 0 aliphatic heterocycles. The SMILES string of the molecule is O=C(Cc1ccc(Cl)s1)C1(O)CCCCCC1. The molecule has 1 N–H and O–H groups in total. The van der Waals surface area contributed by atoms with Gasteiger partial charge >= 0.3 is 0 Å². The summed E-state index contributed by atoms with van der Waals surface area (Å²) >= 11 is 7.25. The molecule has 0 spiro atoms. The van der Waals surface area contributed by atoms with E-state index in [2.05, 4.69) is 0 Å². The van der Waals surface area contributed by atoms with Crippen LogP contribution < -0.4 is 0 Å². The van der Waals surface area contributed by atoms with Crippen molar-refractivity contribution in [2.75, 3.05) is 0 Å². The average molecular weight is 273 g/mol. The maximum Gasteiger partial charge on any atom is 0.169 e. The lowest BCUT2D eigenvalue weighted by Gasteiger charge is -2.24. The molecule has 2 rings (SSSR count). The van der Waals surface area contributed by atoms with E-state index in [1.807, 2.05) is 6.07 Å². The van der Waals surface area contributed by atoms with Gasteiger partial charge in [0.2, 0.25) is 0 Å². The zero-order valence-electron chi connectivity index (χ0n) is 9.75. The van der Waals surface area contributed by atoms with Gasteiger partial charge in [0.15, 0.2) is 5.78 Å². The average Bonchev–Trinajstić information content (AvgIpc) is 2.56. The number of Topliss-reactive ketones (excluding diaryl/α,β-unsaturated/α-hetero) is 1. The van der Waals surface area contributed by atoms with Gasteiger partial charge in [-0.25, -0.2) is 0 Å². The molecular formula is C13H17ClO2S. The van der Waals surface area contributed by atoms with Gasteiger partial charge < -0.3 is 5.11 Å². The van der Waals surface area contributed by atoms with Crippen molar-refractivity contribution in [2.24, 2.45) is 0 Å². The third kappa shape index (κ3) is 3.30. The van der Waals surface area contributed by atoms with Gasteiger partial charge in [0, 0.05) is 11.3 Å². The van der Waals surface area contributed by atoms with Crippen molar-refractivity contribution in [1.82, 2.24) is 0 Å². The first-order chi connectivity index (χ1) is 8.10. The number of rotatable bonds is 3. The largest absolute Gasteiger partial charge is 0.382 e. The number of carbonyl (C=O) groups is 1. The Balaban J connectivity index is 2.02. The van der Waals surface area contributed by atoms with Crippen molar-refractivity contribution >= 4 is 28.7 Å². The molecule has 0 atom stereocenters. The van der Waals surface area contributed by atoms with E-state index in [-0.39, 0.29) is 5.78 Å². The van der Waals surface area contributed by atoms with Crippen molar-refractivity contribution in [1.29, 1.82) is 0 Å². The summed E-state index contributed by atoms with van der Waals surface area (Å²) in [5, 5.41) is 10.4. The van der Waals surface area contributed by atoms with E-state index < -0.39 is 5.60 Å². The number of ketones is 1. The molecule has 0 radical (unpaired) electrons. The lowest BCUT2D eigenvalue weighted by molar-refractivity contribution is -0.137.